The lowest BCUT2D eigenvalue weighted by molar-refractivity contribution is 0.175. The van der Waals surface area contributed by atoms with Crippen molar-refractivity contribution >= 4 is 30.6 Å². The molecule has 0 bridgehead atoms. The summed E-state index contributed by atoms with van der Waals surface area (Å²) in [5, 5.41) is 21.8. The molecule has 0 fully saturated rings. The van der Waals surface area contributed by atoms with Gasteiger partial charge in [0.25, 0.3) is 7.37 Å². The Morgan fingerprint density at radius 2 is 1.18 bits per heavy atom. The molecule has 7 heteroatoms. The number of aliphatic hydroxyl groups excluding tert-OH is 2. The van der Waals surface area contributed by atoms with Gasteiger partial charge < -0.3 is 14.7 Å². The fourth-order valence-corrected chi connectivity index (χ4v) is 4.11. The first-order chi connectivity index (χ1) is 10.4. The highest BCUT2D eigenvalue weighted by Crippen LogP contribution is 2.67. The summed E-state index contributed by atoms with van der Waals surface area (Å²) >= 11 is 11.6. The molecule has 0 radical (unpaired) electrons. The molecule has 4 nitrogen and oxygen atoms in total. The van der Waals surface area contributed by atoms with E-state index in [0.29, 0.717) is 21.2 Å². The summed E-state index contributed by atoms with van der Waals surface area (Å²) in [6.07, 6.45) is 0. The van der Waals surface area contributed by atoms with Crippen LogP contribution in [0.2, 0.25) is 10.0 Å². The van der Waals surface area contributed by atoms with Gasteiger partial charge in [0.2, 0.25) is 0 Å². The van der Waals surface area contributed by atoms with E-state index in [1.54, 1.807) is 24.3 Å². The minimum Gasteiger partial charge on any atom is -0.378 e. The quantitative estimate of drug-likeness (QED) is 0.764. The Kier molecular flexibility index (Phi) is 5.67. The summed E-state index contributed by atoms with van der Waals surface area (Å²) in [6.45, 7) is 0. The highest BCUT2D eigenvalue weighted by Gasteiger charge is 2.41. The van der Waals surface area contributed by atoms with Crippen LogP contribution in [0.1, 0.15) is 22.8 Å². The van der Waals surface area contributed by atoms with Crippen LogP contribution in [-0.2, 0) is 9.09 Å². The highest BCUT2D eigenvalue weighted by atomic mass is 35.5. The summed E-state index contributed by atoms with van der Waals surface area (Å²) in [6, 6.07) is 12.4. The standard InChI is InChI=1S/C15H15Cl2O4P/c1-21-22(20,14(18)10-2-6-12(16)7-3-10)15(19)11-4-8-13(17)9-5-11/h2-9,14-15,18-19H,1H3/t14-,15-/m0/s1. The monoisotopic (exact) mass is 360 g/mol. The van der Waals surface area contributed by atoms with Gasteiger partial charge in [-0.2, -0.15) is 0 Å². The minimum atomic E-state index is -3.83. The molecule has 2 aromatic rings. The summed E-state index contributed by atoms with van der Waals surface area (Å²) in [4.78, 5) is 0. The van der Waals surface area contributed by atoms with E-state index in [-0.39, 0.29) is 0 Å². The van der Waals surface area contributed by atoms with Crippen molar-refractivity contribution in [2.45, 2.75) is 11.7 Å². The SMILES string of the molecule is COP(=O)([C@H](O)c1ccc(Cl)cc1)[C@H](O)c1ccc(Cl)cc1. The first-order valence-electron chi connectivity index (χ1n) is 6.40. The molecule has 2 N–H and O–H groups in total. The van der Waals surface area contributed by atoms with Crippen LogP contribution in [0.4, 0.5) is 0 Å². The zero-order chi connectivity index (χ0) is 16.3. The Bertz CT molecular complexity index is 617. The van der Waals surface area contributed by atoms with Crippen LogP contribution in [0.25, 0.3) is 0 Å². The predicted octanol–water partition coefficient (Wildman–Crippen LogP) is 4.60. The van der Waals surface area contributed by atoms with Crippen LogP contribution in [0.15, 0.2) is 48.5 Å². The molecule has 2 atom stereocenters. The fourth-order valence-electron chi connectivity index (χ4n) is 2.02. The van der Waals surface area contributed by atoms with Gasteiger partial charge in [0.1, 0.15) is 0 Å². The molecule has 0 aromatic heterocycles. The Labute approximate surface area is 138 Å². The van der Waals surface area contributed by atoms with E-state index < -0.39 is 19.1 Å². The van der Waals surface area contributed by atoms with Crippen LogP contribution in [0.3, 0.4) is 0 Å². The van der Waals surface area contributed by atoms with E-state index in [0.717, 1.165) is 0 Å². The smallest absolute Gasteiger partial charge is 0.266 e. The van der Waals surface area contributed by atoms with Crippen LogP contribution in [-0.4, -0.2) is 17.3 Å². The van der Waals surface area contributed by atoms with E-state index in [1.807, 2.05) is 0 Å². The lowest BCUT2D eigenvalue weighted by Gasteiger charge is -2.27. The maximum absolute atomic E-state index is 13.0. The molecule has 0 unspecified atom stereocenters. The van der Waals surface area contributed by atoms with Crippen molar-refractivity contribution in [2.24, 2.45) is 0 Å². The minimum absolute atomic E-state index is 0.350. The average Bonchev–Trinajstić information content (AvgIpc) is 2.54. The molecule has 118 valence electrons. The number of hydrogen-bond acceptors (Lipinski definition) is 4. The van der Waals surface area contributed by atoms with Gasteiger partial charge in [0.15, 0.2) is 11.7 Å². The molecule has 0 amide bonds. The zero-order valence-corrected chi connectivity index (χ0v) is 14.1. The third-order valence-electron chi connectivity index (χ3n) is 3.30. The van der Waals surface area contributed by atoms with Gasteiger partial charge in [-0.1, -0.05) is 47.5 Å². The third-order valence-corrected chi connectivity index (χ3v) is 6.34. The number of hydrogen-bond donors (Lipinski definition) is 2. The van der Waals surface area contributed by atoms with Gasteiger partial charge in [0, 0.05) is 17.2 Å². The van der Waals surface area contributed by atoms with Gasteiger partial charge in [0.05, 0.1) is 0 Å². The van der Waals surface area contributed by atoms with Gasteiger partial charge in [-0.15, -0.1) is 0 Å². The molecular formula is C15H15Cl2O4P. The summed E-state index contributed by atoms with van der Waals surface area (Å²) in [5.74, 6) is -2.94. The van der Waals surface area contributed by atoms with E-state index in [2.05, 4.69) is 0 Å². The fraction of sp³-hybridized carbons (Fsp3) is 0.200. The number of aliphatic hydroxyl groups is 2. The topological polar surface area (TPSA) is 66.8 Å². The number of halogens is 2. The first-order valence-corrected chi connectivity index (χ1v) is 8.92. The predicted molar refractivity (Wildman–Crippen MR) is 87.4 cm³/mol. The number of benzene rings is 2. The molecule has 0 aliphatic carbocycles. The number of rotatable bonds is 5. The Balaban J connectivity index is 2.36. The summed E-state index contributed by atoms with van der Waals surface area (Å²) < 4.78 is 18.0. The largest absolute Gasteiger partial charge is 0.378 e. The molecule has 0 heterocycles. The van der Waals surface area contributed by atoms with Gasteiger partial charge >= 0.3 is 0 Å². The van der Waals surface area contributed by atoms with Gasteiger partial charge in [-0.05, 0) is 35.4 Å². The molecule has 0 aliphatic rings. The Hall–Kier alpha value is -0.870. The molecular weight excluding hydrogens is 346 g/mol. The van der Waals surface area contributed by atoms with E-state index in [9.17, 15) is 14.8 Å². The van der Waals surface area contributed by atoms with Crippen LogP contribution >= 0.6 is 30.6 Å². The second-order valence-corrected chi connectivity index (χ2v) is 8.19. The average molecular weight is 361 g/mol. The van der Waals surface area contributed by atoms with E-state index in [4.69, 9.17) is 27.7 Å². The summed E-state index contributed by atoms with van der Waals surface area (Å²) in [5.41, 5.74) is 0.699. The van der Waals surface area contributed by atoms with Crippen LogP contribution in [0.5, 0.6) is 0 Å². The lowest BCUT2D eigenvalue weighted by atomic mass is 10.2. The van der Waals surface area contributed by atoms with Crippen molar-refractivity contribution in [3.8, 4) is 0 Å². The van der Waals surface area contributed by atoms with Crippen LogP contribution in [0, 0.1) is 0 Å². The van der Waals surface area contributed by atoms with Crippen molar-refractivity contribution < 1.29 is 19.3 Å². The van der Waals surface area contributed by atoms with Gasteiger partial charge in [-0.25, -0.2) is 0 Å². The normalized spacial score (nSPS) is 14.6. The molecule has 0 saturated carbocycles. The Morgan fingerprint density at radius 1 is 0.864 bits per heavy atom. The van der Waals surface area contributed by atoms with E-state index >= 15 is 0 Å². The molecule has 22 heavy (non-hydrogen) atoms. The maximum Gasteiger partial charge on any atom is 0.266 e. The molecule has 0 saturated heterocycles. The second kappa shape index (κ2) is 7.14. The van der Waals surface area contributed by atoms with Crippen molar-refractivity contribution in [3.63, 3.8) is 0 Å². The van der Waals surface area contributed by atoms with Crippen molar-refractivity contribution in [2.75, 3.05) is 7.11 Å². The maximum atomic E-state index is 13.0. The molecule has 0 spiro atoms. The second-order valence-electron chi connectivity index (χ2n) is 4.68. The van der Waals surface area contributed by atoms with Crippen molar-refractivity contribution in [1.29, 1.82) is 0 Å². The lowest BCUT2D eigenvalue weighted by Crippen LogP contribution is -2.09. The molecule has 0 aliphatic heterocycles. The zero-order valence-electron chi connectivity index (χ0n) is 11.7. The van der Waals surface area contributed by atoms with E-state index in [1.165, 1.54) is 31.4 Å². The molecule has 2 rings (SSSR count). The highest BCUT2D eigenvalue weighted by molar-refractivity contribution is 7.59. The summed E-state index contributed by atoms with van der Waals surface area (Å²) in [7, 11) is -2.64. The first kappa shape index (κ1) is 17.5. The van der Waals surface area contributed by atoms with Gasteiger partial charge in [-0.3, -0.25) is 4.57 Å². The molecule has 2 aromatic carbocycles. The Morgan fingerprint density at radius 3 is 1.45 bits per heavy atom. The van der Waals surface area contributed by atoms with Crippen molar-refractivity contribution in [1.82, 2.24) is 0 Å². The van der Waals surface area contributed by atoms with Crippen molar-refractivity contribution in [3.05, 3.63) is 69.7 Å². The third kappa shape index (κ3) is 3.54. The van der Waals surface area contributed by atoms with Crippen LogP contribution < -0.4 is 0 Å².